The van der Waals surface area contributed by atoms with Gasteiger partial charge in [-0.15, -0.1) is 0 Å². The van der Waals surface area contributed by atoms with E-state index >= 15 is 0 Å². The van der Waals surface area contributed by atoms with Gasteiger partial charge in [-0.05, 0) is 41.5 Å². The highest BCUT2D eigenvalue weighted by Gasteiger charge is 2.20. The van der Waals surface area contributed by atoms with Crippen LogP contribution in [0.1, 0.15) is 23.0 Å². The summed E-state index contributed by atoms with van der Waals surface area (Å²) in [6.07, 6.45) is 6.49. The molecule has 0 aliphatic carbocycles. The average Bonchev–Trinajstić information content (AvgIpc) is 3.04. The van der Waals surface area contributed by atoms with Gasteiger partial charge in [0, 0.05) is 30.5 Å². The number of hydrogen-bond acceptors (Lipinski definition) is 2. The maximum Gasteiger partial charge on any atom is 0.244 e. The Morgan fingerprint density at radius 2 is 2.08 bits per heavy atom. The summed E-state index contributed by atoms with van der Waals surface area (Å²) in [4.78, 5) is 16.7. The summed E-state index contributed by atoms with van der Waals surface area (Å²) in [6.45, 7) is 0. The fourth-order valence-corrected chi connectivity index (χ4v) is 2.81. The van der Waals surface area contributed by atoms with Crippen molar-refractivity contribution >= 4 is 23.6 Å². The molecule has 26 heavy (non-hydrogen) atoms. The summed E-state index contributed by atoms with van der Waals surface area (Å²) >= 11 is 5.94. The molecule has 1 unspecified atom stereocenters. The minimum absolute atomic E-state index is 0.317. The molecule has 0 aliphatic rings. The van der Waals surface area contributed by atoms with Crippen molar-refractivity contribution in [2.45, 2.75) is 6.04 Å². The summed E-state index contributed by atoms with van der Waals surface area (Å²) in [7, 11) is 1.82. The van der Waals surface area contributed by atoms with Gasteiger partial charge in [0.2, 0.25) is 5.91 Å². The van der Waals surface area contributed by atoms with Crippen LogP contribution < -0.4 is 5.32 Å². The molecule has 0 saturated heterocycles. The van der Waals surface area contributed by atoms with Gasteiger partial charge in [0.15, 0.2) is 0 Å². The van der Waals surface area contributed by atoms with Gasteiger partial charge < -0.3 is 9.88 Å². The molecular formula is C20H17ClFN3O. The normalized spacial score (nSPS) is 12.3. The summed E-state index contributed by atoms with van der Waals surface area (Å²) < 4.78 is 15.4. The van der Waals surface area contributed by atoms with Crippen LogP contribution in [0.3, 0.4) is 0 Å². The molecule has 6 heteroatoms. The first kappa shape index (κ1) is 17.9. The van der Waals surface area contributed by atoms with Crippen LogP contribution in [0.4, 0.5) is 4.39 Å². The minimum Gasteiger partial charge on any atom is -0.339 e. The van der Waals surface area contributed by atoms with E-state index < -0.39 is 6.04 Å². The lowest BCUT2D eigenvalue weighted by Crippen LogP contribution is -2.29. The van der Waals surface area contributed by atoms with Gasteiger partial charge in [0.1, 0.15) is 17.7 Å². The highest BCUT2D eigenvalue weighted by Crippen LogP contribution is 2.21. The van der Waals surface area contributed by atoms with Gasteiger partial charge in [0.25, 0.3) is 0 Å². The van der Waals surface area contributed by atoms with E-state index in [1.54, 1.807) is 47.3 Å². The molecule has 1 N–H and O–H groups in total. The quantitative estimate of drug-likeness (QED) is 0.687. The Hall–Kier alpha value is -2.92. The number of benzene rings is 2. The molecule has 3 aromatic rings. The molecule has 1 heterocycles. The third kappa shape index (κ3) is 4.37. The molecule has 0 aliphatic heterocycles. The number of rotatable bonds is 5. The number of imidazole rings is 1. The second-order valence-corrected chi connectivity index (χ2v) is 6.22. The first-order valence-corrected chi connectivity index (χ1v) is 8.37. The zero-order chi connectivity index (χ0) is 18.5. The van der Waals surface area contributed by atoms with Crippen LogP contribution in [0, 0.1) is 5.82 Å². The van der Waals surface area contributed by atoms with Gasteiger partial charge >= 0.3 is 0 Å². The largest absolute Gasteiger partial charge is 0.339 e. The molecule has 1 atom stereocenters. The number of nitrogens with zero attached hydrogens (tertiary/aromatic N) is 2. The zero-order valence-corrected chi connectivity index (χ0v) is 14.8. The van der Waals surface area contributed by atoms with Crippen molar-refractivity contribution < 1.29 is 9.18 Å². The molecule has 0 fully saturated rings. The number of carbonyl (C=O) groups excluding carboxylic acids is 1. The molecule has 132 valence electrons. The molecule has 1 amide bonds. The molecule has 0 bridgehead atoms. The Bertz CT molecular complexity index is 951. The average molecular weight is 370 g/mol. The van der Waals surface area contributed by atoms with E-state index in [2.05, 4.69) is 10.3 Å². The van der Waals surface area contributed by atoms with Crippen molar-refractivity contribution in [2.75, 3.05) is 0 Å². The molecule has 0 saturated carbocycles. The van der Waals surface area contributed by atoms with Gasteiger partial charge in [-0.3, -0.25) is 4.79 Å². The first-order chi connectivity index (χ1) is 12.5. The highest BCUT2D eigenvalue weighted by atomic mass is 35.5. The monoisotopic (exact) mass is 369 g/mol. The van der Waals surface area contributed by atoms with Gasteiger partial charge in [-0.1, -0.05) is 35.9 Å². The smallest absolute Gasteiger partial charge is 0.244 e. The van der Waals surface area contributed by atoms with Gasteiger partial charge in [0.05, 0.1) is 0 Å². The predicted octanol–water partition coefficient (Wildman–Crippen LogP) is 4.13. The molecule has 0 spiro atoms. The van der Waals surface area contributed by atoms with Crippen molar-refractivity contribution in [2.24, 2.45) is 7.05 Å². The highest BCUT2D eigenvalue weighted by molar-refractivity contribution is 6.30. The lowest BCUT2D eigenvalue weighted by atomic mass is 10.1. The van der Waals surface area contributed by atoms with Crippen molar-refractivity contribution in [3.63, 3.8) is 0 Å². The lowest BCUT2D eigenvalue weighted by Gasteiger charge is -2.18. The van der Waals surface area contributed by atoms with Gasteiger partial charge in [-0.25, -0.2) is 9.37 Å². The molecule has 3 rings (SSSR count). The molecule has 0 radical (unpaired) electrons. The Kier molecular flexibility index (Phi) is 5.49. The van der Waals surface area contributed by atoms with Crippen LogP contribution in [0.5, 0.6) is 0 Å². The molecule has 1 aromatic heterocycles. The van der Waals surface area contributed by atoms with E-state index in [4.69, 9.17) is 11.6 Å². The molecule has 4 nitrogen and oxygen atoms in total. The molecule has 2 aromatic carbocycles. The third-order valence-corrected chi connectivity index (χ3v) is 4.10. The minimum atomic E-state index is -0.567. The number of hydrogen-bond donors (Lipinski definition) is 1. The van der Waals surface area contributed by atoms with Crippen molar-refractivity contribution in [1.29, 1.82) is 0 Å². The third-order valence-electron chi connectivity index (χ3n) is 3.86. The summed E-state index contributed by atoms with van der Waals surface area (Å²) in [5.74, 6) is -0.0761. The number of aromatic nitrogens is 2. The Labute approximate surface area is 155 Å². The van der Waals surface area contributed by atoms with Crippen LogP contribution in [-0.4, -0.2) is 15.5 Å². The summed E-state index contributed by atoms with van der Waals surface area (Å²) in [5, 5.41) is 3.48. The fourth-order valence-electron chi connectivity index (χ4n) is 2.61. The summed E-state index contributed by atoms with van der Waals surface area (Å²) in [5.41, 5.74) is 1.43. The second-order valence-electron chi connectivity index (χ2n) is 5.78. The summed E-state index contributed by atoms with van der Waals surface area (Å²) in [6, 6.07) is 12.7. The van der Waals surface area contributed by atoms with E-state index in [1.807, 2.05) is 19.2 Å². The van der Waals surface area contributed by atoms with Crippen LogP contribution in [0.25, 0.3) is 6.08 Å². The van der Waals surface area contributed by atoms with Crippen LogP contribution >= 0.6 is 11.6 Å². The number of amides is 1. The van der Waals surface area contributed by atoms with Crippen LogP contribution in [-0.2, 0) is 11.8 Å². The number of aryl methyl sites for hydroxylation is 1. The maximum atomic E-state index is 13.6. The maximum absolute atomic E-state index is 13.6. The lowest BCUT2D eigenvalue weighted by molar-refractivity contribution is -0.117. The Balaban J connectivity index is 1.84. The first-order valence-electron chi connectivity index (χ1n) is 8.00. The van der Waals surface area contributed by atoms with E-state index in [9.17, 15) is 9.18 Å². The van der Waals surface area contributed by atoms with E-state index in [0.29, 0.717) is 16.4 Å². The number of nitrogens with one attached hydrogen (secondary N) is 1. The Morgan fingerprint density at radius 3 is 2.77 bits per heavy atom. The SMILES string of the molecule is Cn1ccnc1C(NC(=O)/C=C/c1cccc(Cl)c1)c1cccc(F)c1. The topological polar surface area (TPSA) is 46.9 Å². The van der Waals surface area contributed by atoms with E-state index in [0.717, 1.165) is 5.56 Å². The van der Waals surface area contributed by atoms with Crippen molar-refractivity contribution in [3.8, 4) is 0 Å². The zero-order valence-electron chi connectivity index (χ0n) is 14.1. The van der Waals surface area contributed by atoms with Crippen LogP contribution in [0.2, 0.25) is 5.02 Å². The van der Waals surface area contributed by atoms with Gasteiger partial charge in [-0.2, -0.15) is 0 Å². The van der Waals surface area contributed by atoms with E-state index in [-0.39, 0.29) is 11.7 Å². The van der Waals surface area contributed by atoms with E-state index in [1.165, 1.54) is 18.2 Å². The van der Waals surface area contributed by atoms with Crippen LogP contribution in [0.15, 0.2) is 67.0 Å². The van der Waals surface area contributed by atoms with Crippen molar-refractivity contribution in [1.82, 2.24) is 14.9 Å². The second kappa shape index (κ2) is 7.97. The molecular weight excluding hydrogens is 353 g/mol. The van der Waals surface area contributed by atoms with Crippen molar-refractivity contribution in [3.05, 3.63) is 94.8 Å². The number of carbonyl (C=O) groups is 1. The number of halogens is 2. The standard InChI is InChI=1S/C20H17ClFN3O/c1-25-11-10-23-20(25)19(15-5-3-7-17(22)13-15)24-18(26)9-8-14-4-2-6-16(21)12-14/h2-13,19H,1H3,(H,24,26)/b9-8+. The fraction of sp³-hybridized carbons (Fsp3) is 0.100. The Morgan fingerprint density at radius 1 is 1.27 bits per heavy atom. The predicted molar refractivity (Wildman–Crippen MR) is 100 cm³/mol.